The van der Waals surface area contributed by atoms with Crippen LogP contribution < -0.4 is 0 Å². The van der Waals surface area contributed by atoms with Gasteiger partial charge in [0, 0.05) is 75.8 Å². The Morgan fingerprint density at radius 3 is 1.25 bits per heavy atom. The van der Waals surface area contributed by atoms with E-state index in [-0.39, 0.29) is 0 Å². The van der Waals surface area contributed by atoms with Gasteiger partial charge in [-0.2, -0.15) is 10.5 Å². The molecule has 3 aliphatic rings. The van der Waals surface area contributed by atoms with E-state index in [1.165, 1.54) is 78.7 Å². The maximum atomic E-state index is 9.39. The average Bonchev–Trinajstić information content (AvgIpc) is 3.72. The second kappa shape index (κ2) is 15.2. The van der Waals surface area contributed by atoms with E-state index in [9.17, 15) is 10.5 Å². The highest BCUT2D eigenvalue weighted by Crippen LogP contribution is 2.37. The van der Waals surface area contributed by atoms with Gasteiger partial charge >= 0.3 is 0 Å². The molecule has 0 fully saturated rings. The van der Waals surface area contributed by atoms with Gasteiger partial charge in [0.05, 0.1) is 23.3 Å². The Balaban J connectivity index is 1.18. The van der Waals surface area contributed by atoms with E-state index in [2.05, 4.69) is 137 Å². The van der Waals surface area contributed by atoms with Crippen molar-refractivity contribution in [2.24, 2.45) is 0 Å². The van der Waals surface area contributed by atoms with Gasteiger partial charge in [0.15, 0.2) is 0 Å². The molecule has 0 unspecified atom stereocenters. The minimum absolute atomic E-state index is 0.493. The number of fused-ring (bicyclic) bond motifs is 2. The van der Waals surface area contributed by atoms with E-state index in [1.807, 2.05) is 24.3 Å². The molecule has 8 aromatic rings. The van der Waals surface area contributed by atoms with Crippen LogP contribution in [0, 0.1) is 22.7 Å². The number of benzene rings is 6. The smallest absolute Gasteiger partial charge is 0.0991 e. The fourth-order valence-electron chi connectivity index (χ4n) is 9.31. The third kappa shape index (κ3) is 6.53. The largest absolute Gasteiger partial charge is 0.340 e. The lowest BCUT2D eigenvalue weighted by molar-refractivity contribution is 0.158. The molecule has 2 aromatic heterocycles. The Morgan fingerprint density at radius 2 is 0.857 bits per heavy atom. The summed E-state index contributed by atoms with van der Waals surface area (Å²) in [6, 6.07) is 49.2. The summed E-state index contributed by atoms with van der Waals surface area (Å²) < 4.78 is 5.09. The Bertz CT molecular complexity index is 2610. The lowest BCUT2D eigenvalue weighted by atomic mass is 9.99. The molecule has 0 aliphatic carbocycles. The molecule has 0 saturated heterocycles. The third-order valence-electron chi connectivity index (χ3n) is 12.1. The molecule has 5 heterocycles. The molecule has 0 spiro atoms. The summed E-state index contributed by atoms with van der Waals surface area (Å²) in [6.45, 7) is 8.32. The normalized spacial score (nSPS) is 13.8. The van der Waals surface area contributed by atoms with Crippen LogP contribution in [0.4, 0.5) is 0 Å². The second-order valence-corrected chi connectivity index (χ2v) is 15.7. The van der Waals surface area contributed by atoms with Crippen molar-refractivity contribution in [1.82, 2.24) is 14.0 Å². The lowest BCUT2D eigenvalue weighted by Gasteiger charge is -2.32. The zero-order valence-corrected chi connectivity index (χ0v) is 32.4. The van der Waals surface area contributed by atoms with Crippen LogP contribution in [0.25, 0.3) is 65.9 Å². The summed E-state index contributed by atoms with van der Waals surface area (Å²) in [5.74, 6) is 0. The van der Waals surface area contributed by atoms with Crippen LogP contribution in [-0.2, 0) is 26.2 Å². The molecular formula is C51H47N5. The van der Waals surface area contributed by atoms with Crippen molar-refractivity contribution >= 4 is 43.6 Å². The first-order chi connectivity index (χ1) is 27.5. The Labute approximate surface area is 329 Å². The number of nitriles is 2. The minimum atomic E-state index is 0.493. The fourth-order valence-corrected chi connectivity index (χ4v) is 9.31. The first kappa shape index (κ1) is 35.6. The summed E-state index contributed by atoms with van der Waals surface area (Å²) in [6.07, 6.45) is 6.80. The van der Waals surface area contributed by atoms with Gasteiger partial charge in [-0.15, -0.1) is 0 Å². The highest BCUT2D eigenvalue weighted by atomic mass is 15.2. The van der Waals surface area contributed by atoms with Crippen LogP contribution in [0.1, 0.15) is 74.6 Å². The Hall–Kier alpha value is -6.14. The van der Waals surface area contributed by atoms with Gasteiger partial charge in [-0.05, 0) is 132 Å². The first-order valence-electron chi connectivity index (χ1n) is 20.4. The predicted molar refractivity (Wildman–Crippen MR) is 231 cm³/mol. The second-order valence-electron chi connectivity index (χ2n) is 15.7. The molecule has 0 amide bonds. The Kier molecular flexibility index (Phi) is 9.64. The topological polar surface area (TPSA) is 60.7 Å². The third-order valence-corrected chi connectivity index (χ3v) is 12.1. The average molecular weight is 730 g/mol. The summed E-state index contributed by atoms with van der Waals surface area (Å²) in [5, 5.41) is 24.0. The van der Waals surface area contributed by atoms with Gasteiger partial charge in [0.25, 0.3) is 0 Å². The summed E-state index contributed by atoms with van der Waals surface area (Å²) in [7, 11) is 0. The van der Waals surface area contributed by atoms with Crippen molar-refractivity contribution < 1.29 is 0 Å². The molecule has 0 saturated carbocycles. The van der Waals surface area contributed by atoms with E-state index in [1.54, 1.807) is 0 Å². The van der Waals surface area contributed by atoms with E-state index in [4.69, 9.17) is 0 Å². The lowest BCUT2D eigenvalue weighted by Crippen LogP contribution is -2.34. The van der Waals surface area contributed by atoms with E-state index in [0.717, 1.165) is 63.0 Å². The van der Waals surface area contributed by atoms with Crippen molar-refractivity contribution in [3.05, 3.63) is 144 Å². The molecule has 0 radical (unpaired) electrons. The molecule has 0 N–H and O–H groups in total. The Morgan fingerprint density at radius 1 is 0.482 bits per heavy atom. The van der Waals surface area contributed by atoms with Crippen molar-refractivity contribution in [3.63, 3.8) is 0 Å². The van der Waals surface area contributed by atoms with Crippen molar-refractivity contribution in [1.29, 1.82) is 10.5 Å². The zero-order valence-electron chi connectivity index (χ0n) is 32.4. The van der Waals surface area contributed by atoms with Crippen LogP contribution in [-0.4, -0.2) is 20.1 Å². The molecule has 11 rings (SSSR count). The number of nitrogens with zero attached hydrogens (tertiary/aromatic N) is 5. The number of rotatable bonds is 7. The molecule has 5 nitrogen and oxygen atoms in total. The van der Waals surface area contributed by atoms with Gasteiger partial charge in [-0.25, -0.2) is 0 Å². The minimum Gasteiger partial charge on any atom is -0.340 e. The number of aromatic nitrogens is 2. The van der Waals surface area contributed by atoms with Gasteiger partial charge in [0.2, 0.25) is 0 Å². The molecule has 3 aliphatic heterocycles. The van der Waals surface area contributed by atoms with Crippen LogP contribution in [0.3, 0.4) is 0 Å². The highest BCUT2D eigenvalue weighted by molar-refractivity contribution is 6.10. The number of aryl methyl sites for hydroxylation is 2. The van der Waals surface area contributed by atoms with Crippen LogP contribution in [0.5, 0.6) is 0 Å². The van der Waals surface area contributed by atoms with Gasteiger partial charge in [-0.1, -0.05) is 75.2 Å². The summed E-state index contributed by atoms with van der Waals surface area (Å²) in [5.41, 5.74) is 13.8. The van der Waals surface area contributed by atoms with Crippen LogP contribution in [0.15, 0.2) is 121 Å². The van der Waals surface area contributed by atoms with E-state index < -0.39 is 0 Å². The summed E-state index contributed by atoms with van der Waals surface area (Å²) in [4.78, 5) is 2.75. The molecule has 5 heteroatoms. The molecule has 276 valence electrons. The SMILES string of the molecule is CCCC(CCC)N1Cc2ccc3c(c2)c2cc(-c4ccc(C#N)cc4)ccc2n3CCCCn2c3ccc(cc3c3cc(-c4ccc(C#N)cc4)ccc32)C1. The maximum Gasteiger partial charge on any atom is 0.0991 e. The standard InChI is InChI=1S/C51H47N5/c1-3-7-43(8-4-2)54-33-37-13-21-48-44(27-37)46-29-41(39-15-9-35(31-52)10-16-39)19-23-50(46)55(48)25-5-6-26-56-49-22-14-38(34-54)28-45(49)47-30-42(20-24-51(47)56)40-17-11-36(32-53)12-18-40/h9-24,27-30,43H,3-8,25-26,33-34H2,1-2H3. The van der Waals surface area contributed by atoms with Crippen LogP contribution >= 0.6 is 0 Å². The van der Waals surface area contributed by atoms with E-state index >= 15 is 0 Å². The van der Waals surface area contributed by atoms with Crippen LogP contribution in [0.2, 0.25) is 0 Å². The summed E-state index contributed by atoms with van der Waals surface area (Å²) >= 11 is 0. The van der Waals surface area contributed by atoms with Gasteiger partial charge < -0.3 is 9.13 Å². The first-order valence-corrected chi connectivity index (χ1v) is 20.4. The number of hydrogen-bond donors (Lipinski definition) is 0. The molecule has 6 aromatic carbocycles. The van der Waals surface area contributed by atoms with Gasteiger partial charge in [0.1, 0.15) is 0 Å². The van der Waals surface area contributed by atoms with E-state index in [0.29, 0.717) is 17.2 Å². The van der Waals surface area contributed by atoms with Crippen molar-refractivity contribution in [2.45, 2.75) is 84.6 Å². The highest BCUT2D eigenvalue weighted by Gasteiger charge is 2.21. The van der Waals surface area contributed by atoms with Crippen molar-refractivity contribution in [2.75, 3.05) is 0 Å². The molecule has 56 heavy (non-hydrogen) atoms. The monoisotopic (exact) mass is 729 g/mol. The number of hydrogen-bond acceptors (Lipinski definition) is 3. The van der Waals surface area contributed by atoms with Crippen molar-refractivity contribution in [3.8, 4) is 34.4 Å². The fraction of sp³-hybridized carbons (Fsp3) is 0.255. The van der Waals surface area contributed by atoms with Gasteiger partial charge in [-0.3, -0.25) is 4.90 Å². The predicted octanol–water partition coefficient (Wildman–Crippen LogP) is 12.7. The molecule has 8 bridgehead atoms. The maximum absolute atomic E-state index is 9.39. The zero-order chi connectivity index (χ0) is 38.2. The quantitative estimate of drug-likeness (QED) is 0.164. The molecular weight excluding hydrogens is 683 g/mol. The molecule has 0 atom stereocenters.